The maximum atomic E-state index is 11.8. The van der Waals surface area contributed by atoms with Crippen LogP contribution >= 0.6 is 0 Å². The van der Waals surface area contributed by atoms with Gasteiger partial charge in [-0.05, 0) is 20.9 Å². The van der Waals surface area contributed by atoms with Crippen molar-refractivity contribution in [2.24, 2.45) is 5.92 Å². The topological polar surface area (TPSA) is 50.4 Å². The molecule has 0 radical (unpaired) electrons. The summed E-state index contributed by atoms with van der Waals surface area (Å²) in [6, 6.07) is 0.162. The molecular formula is C10H20N2O2. The van der Waals surface area contributed by atoms with Gasteiger partial charge in [0.1, 0.15) is 0 Å². The summed E-state index contributed by atoms with van der Waals surface area (Å²) in [6.45, 7) is 7.19. The Kier molecular flexibility index (Phi) is 3.50. The third-order valence-electron chi connectivity index (χ3n) is 2.87. The lowest BCUT2D eigenvalue weighted by Gasteiger charge is -2.26. The first-order chi connectivity index (χ1) is 6.47. The molecule has 1 saturated heterocycles. The Labute approximate surface area is 85.4 Å². The first-order valence-electron chi connectivity index (χ1n) is 5.05. The van der Waals surface area contributed by atoms with E-state index in [1.54, 1.807) is 7.05 Å². The molecule has 1 rings (SSSR count). The van der Waals surface area contributed by atoms with Gasteiger partial charge in [0.15, 0.2) is 0 Å². The molecule has 82 valence electrons. The molecule has 0 aliphatic carbocycles. The summed E-state index contributed by atoms with van der Waals surface area (Å²) < 4.78 is 5.28. The average Bonchev–Trinajstić information content (AvgIpc) is 2.52. The first-order valence-corrected chi connectivity index (χ1v) is 5.05. The summed E-state index contributed by atoms with van der Waals surface area (Å²) >= 11 is 0. The van der Waals surface area contributed by atoms with Crippen molar-refractivity contribution in [1.29, 1.82) is 0 Å². The molecule has 0 bridgehead atoms. The van der Waals surface area contributed by atoms with Crippen LogP contribution in [-0.2, 0) is 9.53 Å². The second-order valence-electron chi connectivity index (χ2n) is 4.47. The molecule has 1 heterocycles. The zero-order valence-corrected chi connectivity index (χ0v) is 9.39. The van der Waals surface area contributed by atoms with Crippen molar-refractivity contribution in [2.45, 2.75) is 32.4 Å². The Hall–Kier alpha value is -0.610. The number of carbonyl (C=O) groups is 1. The number of carbonyl (C=O) groups excluding carboxylic acids is 1. The molecule has 14 heavy (non-hydrogen) atoms. The summed E-state index contributed by atoms with van der Waals surface area (Å²) in [7, 11) is 1.79. The zero-order valence-electron chi connectivity index (χ0n) is 9.39. The number of hydrogen-bond acceptors (Lipinski definition) is 3. The van der Waals surface area contributed by atoms with Crippen LogP contribution in [0.1, 0.15) is 20.8 Å². The van der Waals surface area contributed by atoms with E-state index in [-0.39, 0.29) is 11.9 Å². The Morgan fingerprint density at radius 2 is 2.07 bits per heavy atom. The molecule has 1 aliphatic rings. The second-order valence-corrected chi connectivity index (χ2v) is 4.47. The lowest BCUT2D eigenvalue weighted by atomic mass is 10.0. The Morgan fingerprint density at radius 1 is 1.43 bits per heavy atom. The van der Waals surface area contributed by atoms with E-state index in [2.05, 4.69) is 17.6 Å². The molecule has 2 unspecified atom stereocenters. The molecule has 1 amide bonds. The van der Waals surface area contributed by atoms with E-state index >= 15 is 0 Å². The number of ether oxygens (including phenoxy) is 1. The van der Waals surface area contributed by atoms with E-state index in [4.69, 9.17) is 4.74 Å². The number of hydrogen-bond donors (Lipinski definition) is 2. The number of amides is 1. The van der Waals surface area contributed by atoms with E-state index in [1.165, 1.54) is 0 Å². The maximum Gasteiger partial charge on any atom is 0.240 e. The quantitative estimate of drug-likeness (QED) is 0.681. The SMILES string of the molecule is CNC(C)(C)C(=O)NC1COCC1C. The molecule has 4 nitrogen and oxygen atoms in total. The fourth-order valence-electron chi connectivity index (χ4n) is 1.31. The second kappa shape index (κ2) is 4.28. The molecule has 2 atom stereocenters. The van der Waals surface area contributed by atoms with E-state index < -0.39 is 5.54 Å². The van der Waals surface area contributed by atoms with Gasteiger partial charge in [-0.2, -0.15) is 0 Å². The summed E-state index contributed by atoms with van der Waals surface area (Å²) in [5, 5.41) is 5.97. The highest BCUT2D eigenvalue weighted by Gasteiger charge is 2.31. The third kappa shape index (κ3) is 2.45. The molecule has 0 saturated carbocycles. The van der Waals surface area contributed by atoms with Gasteiger partial charge >= 0.3 is 0 Å². The molecule has 1 aliphatic heterocycles. The van der Waals surface area contributed by atoms with Gasteiger partial charge in [0, 0.05) is 5.92 Å². The number of likely N-dealkylation sites (N-methyl/N-ethyl adjacent to an activating group) is 1. The summed E-state index contributed by atoms with van der Waals surface area (Å²) in [5.74, 6) is 0.439. The van der Waals surface area contributed by atoms with E-state index in [1.807, 2.05) is 13.8 Å². The average molecular weight is 200 g/mol. The number of nitrogens with one attached hydrogen (secondary N) is 2. The summed E-state index contributed by atoms with van der Waals surface area (Å²) in [6.07, 6.45) is 0. The van der Waals surface area contributed by atoms with Crippen LogP contribution in [0.2, 0.25) is 0 Å². The normalized spacial score (nSPS) is 27.7. The standard InChI is InChI=1S/C10H20N2O2/c1-7-5-14-6-8(7)12-9(13)10(2,3)11-4/h7-8,11H,5-6H2,1-4H3,(H,12,13). The zero-order chi connectivity index (χ0) is 10.8. The van der Waals surface area contributed by atoms with Crippen LogP contribution in [0, 0.1) is 5.92 Å². The van der Waals surface area contributed by atoms with Crippen molar-refractivity contribution in [1.82, 2.24) is 10.6 Å². The van der Waals surface area contributed by atoms with E-state index in [9.17, 15) is 4.79 Å². The van der Waals surface area contributed by atoms with Crippen LogP contribution in [-0.4, -0.2) is 37.7 Å². The van der Waals surface area contributed by atoms with Crippen molar-refractivity contribution in [2.75, 3.05) is 20.3 Å². The van der Waals surface area contributed by atoms with E-state index in [0.717, 1.165) is 6.61 Å². The minimum absolute atomic E-state index is 0.0300. The fraction of sp³-hybridized carbons (Fsp3) is 0.900. The molecule has 0 spiro atoms. The summed E-state index contributed by atoms with van der Waals surface area (Å²) in [4.78, 5) is 11.8. The van der Waals surface area contributed by atoms with Crippen molar-refractivity contribution >= 4 is 5.91 Å². The highest BCUT2D eigenvalue weighted by molar-refractivity contribution is 5.85. The highest BCUT2D eigenvalue weighted by atomic mass is 16.5. The van der Waals surface area contributed by atoms with Crippen LogP contribution in [0.4, 0.5) is 0 Å². The smallest absolute Gasteiger partial charge is 0.240 e. The van der Waals surface area contributed by atoms with Crippen molar-refractivity contribution in [3.8, 4) is 0 Å². The first kappa shape index (κ1) is 11.5. The largest absolute Gasteiger partial charge is 0.379 e. The van der Waals surface area contributed by atoms with Gasteiger partial charge in [0.25, 0.3) is 0 Å². The van der Waals surface area contributed by atoms with Gasteiger partial charge < -0.3 is 15.4 Å². The number of rotatable bonds is 3. The van der Waals surface area contributed by atoms with Crippen LogP contribution in [0.25, 0.3) is 0 Å². The van der Waals surface area contributed by atoms with Crippen LogP contribution in [0.15, 0.2) is 0 Å². The summed E-state index contributed by atoms with van der Waals surface area (Å²) in [5.41, 5.74) is -0.512. The molecule has 0 aromatic heterocycles. The molecule has 4 heteroatoms. The monoisotopic (exact) mass is 200 g/mol. The van der Waals surface area contributed by atoms with E-state index in [0.29, 0.717) is 12.5 Å². The van der Waals surface area contributed by atoms with Crippen LogP contribution < -0.4 is 10.6 Å². The molecule has 1 fully saturated rings. The Morgan fingerprint density at radius 3 is 2.50 bits per heavy atom. The van der Waals surface area contributed by atoms with Crippen LogP contribution in [0.5, 0.6) is 0 Å². The highest BCUT2D eigenvalue weighted by Crippen LogP contribution is 2.13. The van der Waals surface area contributed by atoms with Gasteiger partial charge in [-0.25, -0.2) is 0 Å². The molecule has 0 aromatic carbocycles. The minimum Gasteiger partial charge on any atom is -0.379 e. The molecule has 2 N–H and O–H groups in total. The Bertz CT molecular complexity index is 216. The van der Waals surface area contributed by atoms with Crippen LogP contribution in [0.3, 0.4) is 0 Å². The predicted octanol–water partition coefficient (Wildman–Crippen LogP) is 0.135. The van der Waals surface area contributed by atoms with Gasteiger partial charge in [0.05, 0.1) is 24.8 Å². The van der Waals surface area contributed by atoms with Crippen molar-refractivity contribution < 1.29 is 9.53 Å². The third-order valence-corrected chi connectivity index (χ3v) is 2.87. The lowest BCUT2D eigenvalue weighted by Crippen LogP contribution is -2.54. The van der Waals surface area contributed by atoms with Gasteiger partial charge in [-0.3, -0.25) is 4.79 Å². The predicted molar refractivity (Wildman–Crippen MR) is 55.1 cm³/mol. The lowest BCUT2D eigenvalue weighted by molar-refractivity contribution is -0.127. The van der Waals surface area contributed by atoms with Crippen molar-refractivity contribution in [3.63, 3.8) is 0 Å². The van der Waals surface area contributed by atoms with Gasteiger partial charge in [-0.1, -0.05) is 6.92 Å². The van der Waals surface area contributed by atoms with Gasteiger partial charge in [-0.15, -0.1) is 0 Å². The Balaban J connectivity index is 2.48. The molecular weight excluding hydrogens is 180 g/mol. The molecule has 0 aromatic rings. The fourth-order valence-corrected chi connectivity index (χ4v) is 1.31. The van der Waals surface area contributed by atoms with Crippen molar-refractivity contribution in [3.05, 3.63) is 0 Å². The van der Waals surface area contributed by atoms with Gasteiger partial charge in [0.2, 0.25) is 5.91 Å². The minimum atomic E-state index is -0.512. The maximum absolute atomic E-state index is 11.8.